The molecule has 0 aliphatic heterocycles. The van der Waals surface area contributed by atoms with Gasteiger partial charge >= 0.3 is 5.97 Å². The number of carbonyl (C=O) groups is 1. The summed E-state index contributed by atoms with van der Waals surface area (Å²) >= 11 is 0. The van der Waals surface area contributed by atoms with Gasteiger partial charge in [0.25, 0.3) is 0 Å². The maximum absolute atomic E-state index is 13.0. The van der Waals surface area contributed by atoms with Crippen molar-refractivity contribution in [2.45, 2.75) is 13.2 Å². The molecule has 0 unspecified atom stereocenters. The van der Waals surface area contributed by atoms with E-state index in [9.17, 15) is 9.18 Å². The average molecular weight is 351 g/mol. The van der Waals surface area contributed by atoms with Crippen LogP contribution in [0.3, 0.4) is 0 Å². The Morgan fingerprint density at radius 1 is 1.15 bits per heavy atom. The lowest BCUT2D eigenvalue weighted by Crippen LogP contribution is -2.12. The molecule has 0 aliphatic rings. The van der Waals surface area contributed by atoms with E-state index in [1.807, 2.05) is 24.3 Å². The number of carbonyl (C=O) groups excluding carboxylic acids is 1. The third-order valence-electron chi connectivity index (χ3n) is 3.90. The molecular formula is C19H14FN3O3. The summed E-state index contributed by atoms with van der Waals surface area (Å²) in [6.07, 6.45) is 1.61. The van der Waals surface area contributed by atoms with Crippen LogP contribution in [-0.4, -0.2) is 20.7 Å². The monoisotopic (exact) mass is 351 g/mol. The van der Waals surface area contributed by atoms with Gasteiger partial charge in [0.2, 0.25) is 0 Å². The SMILES string of the molecule is O=C(Cn1cnc2ccccc21)OCc1cc(-c2ccc(F)cc2)on1. The third-order valence-corrected chi connectivity index (χ3v) is 3.90. The Hall–Kier alpha value is -3.48. The number of rotatable bonds is 5. The molecule has 0 fully saturated rings. The first-order chi connectivity index (χ1) is 12.7. The van der Waals surface area contributed by atoms with Crippen LogP contribution in [0, 0.1) is 5.82 Å². The van der Waals surface area contributed by atoms with Gasteiger partial charge in [-0.1, -0.05) is 17.3 Å². The van der Waals surface area contributed by atoms with E-state index in [-0.39, 0.29) is 19.0 Å². The molecule has 0 spiro atoms. The first-order valence-electron chi connectivity index (χ1n) is 7.96. The van der Waals surface area contributed by atoms with E-state index in [0.29, 0.717) is 17.0 Å². The van der Waals surface area contributed by atoms with Crippen molar-refractivity contribution in [1.82, 2.24) is 14.7 Å². The molecule has 130 valence electrons. The van der Waals surface area contributed by atoms with Crippen LogP contribution < -0.4 is 0 Å². The number of halogens is 1. The molecule has 6 nitrogen and oxygen atoms in total. The van der Waals surface area contributed by atoms with Crippen molar-refractivity contribution in [2.75, 3.05) is 0 Å². The zero-order valence-electron chi connectivity index (χ0n) is 13.6. The van der Waals surface area contributed by atoms with Crippen molar-refractivity contribution in [3.05, 3.63) is 72.4 Å². The number of benzene rings is 2. The number of para-hydroxylation sites is 2. The van der Waals surface area contributed by atoms with Gasteiger partial charge in [-0.25, -0.2) is 9.37 Å². The third kappa shape index (κ3) is 3.32. The Kier molecular flexibility index (Phi) is 4.18. The van der Waals surface area contributed by atoms with Gasteiger partial charge in [-0.3, -0.25) is 4.79 Å². The Morgan fingerprint density at radius 3 is 2.81 bits per heavy atom. The molecule has 0 amide bonds. The highest BCUT2D eigenvalue weighted by atomic mass is 19.1. The number of ether oxygens (including phenoxy) is 1. The molecule has 0 radical (unpaired) electrons. The molecule has 7 heteroatoms. The minimum atomic E-state index is -0.403. The fourth-order valence-corrected chi connectivity index (χ4v) is 2.61. The predicted molar refractivity (Wildman–Crippen MR) is 91.4 cm³/mol. The average Bonchev–Trinajstić information content (AvgIpc) is 3.28. The highest BCUT2D eigenvalue weighted by Crippen LogP contribution is 2.21. The van der Waals surface area contributed by atoms with E-state index in [2.05, 4.69) is 10.1 Å². The number of esters is 1. The predicted octanol–water partition coefficient (Wildman–Crippen LogP) is 3.57. The fourth-order valence-electron chi connectivity index (χ4n) is 2.61. The van der Waals surface area contributed by atoms with Crippen molar-refractivity contribution < 1.29 is 18.4 Å². The minimum Gasteiger partial charge on any atom is -0.458 e. The lowest BCUT2D eigenvalue weighted by atomic mass is 10.1. The zero-order chi connectivity index (χ0) is 17.9. The summed E-state index contributed by atoms with van der Waals surface area (Å²) in [6.45, 7) is 0.0549. The standard InChI is InChI=1S/C19H14FN3O3/c20-14-7-5-13(6-8-14)18-9-15(22-26-18)11-25-19(24)10-23-12-21-16-3-1-2-4-17(16)23/h1-9,12H,10-11H2. The normalized spacial score (nSPS) is 11.0. The van der Waals surface area contributed by atoms with Gasteiger partial charge in [0.15, 0.2) is 5.76 Å². The summed E-state index contributed by atoms with van der Waals surface area (Å²) in [6, 6.07) is 15.1. The lowest BCUT2D eigenvalue weighted by molar-refractivity contribution is -0.145. The molecule has 4 aromatic rings. The number of imidazole rings is 1. The molecule has 2 aromatic carbocycles. The number of hydrogen-bond acceptors (Lipinski definition) is 5. The van der Waals surface area contributed by atoms with Gasteiger partial charge in [-0.15, -0.1) is 0 Å². The van der Waals surface area contributed by atoms with Gasteiger partial charge < -0.3 is 13.8 Å². The first kappa shape index (κ1) is 16.0. The summed E-state index contributed by atoms with van der Waals surface area (Å²) in [7, 11) is 0. The van der Waals surface area contributed by atoms with Crippen molar-refractivity contribution in [1.29, 1.82) is 0 Å². The number of hydrogen-bond donors (Lipinski definition) is 0. The number of nitrogens with zero attached hydrogens (tertiary/aromatic N) is 3. The Bertz CT molecular complexity index is 1050. The summed E-state index contributed by atoms with van der Waals surface area (Å²) in [5, 5.41) is 3.87. The molecular weight excluding hydrogens is 337 g/mol. The maximum atomic E-state index is 13.0. The Balaban J connectivity index is 1.38. The van der Waals surface area contributed by atoms with Crippen molar-refractivity contribution >= 4 is 17.0 Å². The highest BCUT2D eigenvalue weighted by molar-refractivity contribution is 5.78. The van der Waals surface area contributed by atoms with Crippen molar-refractivity contribution in [2.24, 2.45) is 0 Å². The first-order valence-corrected chi connectivity index (χ1v) is 7.96. The quantitative estimate of drug-likeness (QED) is 0.514. The number of aromatic nitrogens is 3. The molecule has 0 saturated carbocycles. The second-order valence-corrected chi connectivity index (χ2v) is 5.71. The van der Waals surface area contributed by atoms with Crippen LogP contribution in [0.15, 0.2) is 65.4 Å². The smallest absolute Gasteiger partial charge is 0.326 e. The summed E-state index contributed by atoms with van der Waals surface area (Å²) in [5.74, 6) is -0.245. The largest absolute Gasteiger partial charge is 0.458 e. The summed E-state index contributed by atoms with van der Waals surface area (Å²) in [5.41, 5.74) is 2.86. The molecule has 0 atom stereocenters. The molecule has 2 heterocycles. The van der Waals surface area contributed by atoms with Crippen LogP contribution in [0.1, 0.15) is 5.69 Å². The topological polar surface area (TPSA) is 70.2 Å². The van der Waals surface area contributed by atoms with E-state index in [4.69, 9.17) is 9.26 Å². The van der Waals surface area contributed by atoms with E-state index < -0.39 is 5.97 Å². The van der Waals surface area contributed by atoms with Crippen molar-refractivity contribution in [3.63, 3.8) is 0 Å². The van der Waals surface area contributed by atoms with E-state index in [1.54, 1.807) is 29.1 Å². The van der Waals surface area contributed by atoms with Gasteiger partial charge in [-0.2, -0.15) is 0 Å². The Morgan fingerprint density at radius 2 is 1.96 bits per heavy atom. The minimum absolute atomic E-state index is 0.00381. The molecule has 0 aliphatic carbocycles. The lowest BCUT2D eigenvalue weighted by Gasteiger charge is -2.04. The van der Waals surface area contributed by atoms with E-state index in [1.165, 1.54) is 12.1 Å². The van der Waals surface area contributed by atoms with Gasteiger partial charge in [0.05, 0.1) is 17.4 Å². The molecule has 0 saturated heterocycles. The fraction of sp³-hybridized carbons (Fsp3) is 0.105. The maximum Gasteiger partial charge on any atom is 0.326 e. The summed E-state index contributed by atoms with van der Waals surface area (Å²) in [4.78, 5) is 16.3. The Labute approximate surface area is 147 Å². The highest BCUT2D eigenvalue weighted by Gasteiger charge is 2.11. The number of fused-ring (bicyclic) bond motifs is 1. The molecule has 0 N–H and O–H groups in total. The molecule has 2 aromatic heterocycles. The van der Waals surface area contributed by atoms with Crippen molar-refractivity contribution in [3.8, 4) is 11.3 Å². The van der Waals surface area contributed by atoms with Gasteiger partial charge in [0, 0.05) is 11.6 Å². The van der Waals surface area contributed by atoms with Crippen LogP contribution in [0.5, 0.6) is 0 Å². The van der Waals surface area contributed by atoms with Crippen LogP contribution >= 0.6 is 0 Å². The van der Waals surface area contributed by atoms with Gasteiger partial charge in [-0.05, 0) is 36.4 Å². The zero-order valence-corrected chi connectivity index (χ0v) is 13.6. The van der Waals surface area contributed by atoms with Gasteiger partial charge in [0.1, 0.15) is 24.7 Å². The van der Waals surface area contributed by atoms with Crippen LogP contribution in [-0.2, 0) is 22.7 Å². The second-order valence-electron chi connectivity index (χ2n) is 5.71. The van der Waals surface area contributed by atoms with E-state index in [0.717, 1.165) is 11.0 Å². The summed E-state index contributed by atoms with van der Waals surface area (Å²) < 4.78 is 25.1. The molecule has 4 rings (SSSR count). The molecule has 0 bridgehead atoms. The van der Waals surface area contributed by atoms with Crippen LogP contribution in [0.4, 0.5) is 4.39 Å². The van der Waals surface area contributed by atoms with E-state index >= 15 is 0 Å². The van der Waals surface area contributed by atoms with Crippen LogP contribution in [0.25, 0.3) is 22.4 Å². The van der Waals surface area contributed by atoms with Crippen LogP contribution in [0.2, 0.25) is 0 Å². The second kappa shape index (κ2) is 6.79. The molecule has 26 heavy (non-hydrogen) atoms.